The average Bonchev–Trinajstić information content (AvgIpc) is 2.37. The molecule has 1 rings (SSSR count). The summed E-state index contributed by atoms with van der Waals surface area (Å²) < 4.78 is 5.24. The molecule has 2 unspecified atom stereocenters. The number of carboxylic acids is 1. The van der Waals surface area contributed by atoms with E-state index in [0.717, 1.165) is 12.1 Å². The summed E-state index contributed by atoms with van der Waals surface area (Å²) in [5.74, 6) is 0.232. The molecule has 0 aromatic heterocycles. The van der Waals surface area contributed by atoms with Crippen LogP contribution in [0.3, 0.4) is 0 Å². The first-order valence-electron chi connectivity index (χ1n) is 6.17. The number of carbonyl (C=O) groups is 1. The number of carboxylic acid groups (broad SMARTS) is 1. The number of hydrogen-bond acceptors (Lipinski definition) is 3. The van der Waals surface area contributed by atoms with E-state index in [-0.39, 0.29) is 11.6 Å². The fraction of sp³-hybridized carbons (Fsp3) is 0.500. The van der Waals surface area contributed by atoms with Crippen molar-refractivity contribution in [1.82, 2.24) is 0 Å². The van der Waals surface area contributed by atoms with Crippen molar-refractivity contribution in [3.05, 3.63) is 23.8 Å². The molecule has 0 aliphatic carbocycles. The molecule has 0 spiro atoms. The Morgan fingerprint density at radius 3 is 2.61 bits per heavy atom. The van der Waals surface area contributed by atoms with Crippen LogP contribution in [0.5, 0.6) is 5.75 Å². The van der Waals surface area contributed by atoms with Crippen LogP contribution < -0.4 is 10.1 Å². The molecule has 18 heavy (non-hydrogen) atoms. The first kappa shape index (κ1) is 14.4. The van der Waals surface area contributed by atoms with E-state index < -0.39 is 5.97 Å². The predicted molar refractivity (Wildman–Crippen MR) is 72.5 cm³/mol. The predicted octanol–water partition coefficient (Wildman–Crippen LogP) is 3.24. The van der Waals surface area contributed by atoms with Crippen LogP contribution in [0.25, 0.3) is 0 Å². The molecule has 1 aromatic rings. The fourth-order valence-electron chi connectivity index (χ4n) is 1.69. The van der Waals surface area contributed by atoms with Crippen LogP contribution >= 0.6 is 0 Å². The minimum absolute atomic E-state index is 0.257. The van der Waals surface area contributed by atoms with Crippen molar-refractivity contribution >= 4 is 11.7 Å². The standard InChI is InChI=1S/C14H21NO3/c1-5-9(2)10(3)15-12-8-11(14(16)17)6-7-13(12)18-4/h6-10,15H,5H2,1-4H3,(H,16,17). The van der Waals surface area contributed by atoms with Crippen LogP contribution in [0, 0.1) is 5.92 Å². The molecule has 0 saturated carbocycles. The van der Waals surface area contributed by atoms with Gasteiger partial charge in [-0.15, -0.1) is 0 Å². The normalized spacial score (nSPS) is 13.8. The summed E-state index contributed by atoms with van der Waals surface area (Å²) in [5, 5.41) is 12.3. The lowest BCUT2D eigenvalue weighted by atomic mass is 10.0. The van der Waals surface area contributed by atoms with Gasteiger partial charge in [0.2, 0.25) is 0 Å². The van der Waals surface area contributed by atoms with E-state index in [4.69, 9.17) is 9.84 Å². The Bertz CT molecular complexity index is 418. The van der Waals surface area contributed by atoms with Crippen molar-refractivity contribution in [2.75, 3.05) is 12.4 Å². The maximum Gasteiger partial charge on any atom is 0.335 e. The Hall–Kier alpha value is -1.71. The number of nitrogens with one attached hydrogen (secondary N) is 1. The molecule has 2 atom stereocenters. The van der Waals surface area contributed by atoms with Gasteiger partial charge in [-0.25, -0.2) is 4.79 Å². The fourth-order valence-corrected chi connectivity index (χ4v) is 1.69. The number of ether oxygens (including phenoxy) is 1. The maximum atomic E-state index is 11.0. The number of rotatable bonds is 6. The second-order valence-electron chi connectivity index (χ2n) is 4.54. The smallest absolute Gasteiger partial charge is 0.335 e. The third kappa shape index (κ3) is 3.39. The molecule has 100 valence electrons. The number of hydrogen-bond donors (Lipinski definition) is 2. The third-order valence-electron chi connectivity index (χ3n) is 3.33. The van der Waals surface area contributed by atoms with Crippen molar-refractivity contribution < 1.29 is 14.6 Å². The number of anilines is 1. The highest BCUT2D eigenvalue weighted by Gasteiger charge is 2.14. The minimum Gasteiger partial charge on any atom is -0.495 e. The van der Waals surface area contributed by atoms with Crippen LogP contribution in [-0.2, 0) is 0 Å². The van der Waals surface area contributed by atoms with Crippen molar-refractivity contribution in [3.63, 3.8) is 0 Å². The van der Waals surface area contributed by atoms with Crippen molar-refractivity contribution in [3.8, 4) is 5.75 Å². The molecule has 0 aliphatic heterocycles. The highest BCUT2D eigenvalue weighted by molar-refractivity contribution is 5.89. The van der Waals surface area contributed by atoms with E-state index in [9.17, 15) is 4.79 Å². The van der Waals surface area contributed by atoms with E-state index >= 15 is 0 Å². The van der Waals surface area contributed by atoms with Gasteiger partial charge in [-0.3, -0.25) is 0 Å². The van der Waals surface area contributed by atoms with Gasteiger partial charge in [-0.05, 0) is 31.0 Å². The lowest BCUT2D eigenvalue weighted by Crippen LogP contribution is -2.23. The monoisotopic (exact) mass is 251 g/mol. The Balaban J connectivity index is 2.97. The topological polar surface area (TPSA) is 58.6 Å². The van der Waals surface area contributed by atoms with E-state index in [0.29, 0.717) is 11.7 Å². The summed E-state index contributed by atoms with van der Waals surface area (Å²) in [7, 11) is 1.58. The summed E-state index contributed by atoms with van der Waals surface area (Å²) in [6, 6.07) is 5.09. The van der Waals surface area contributed by atoms with Gasteiger partial charge in [0.1, 0.15) is 5.75 Å². The Labute approximate surface area is 108 Å². The molecule has 4 heteroatoms. The Morgan fingerprint density at radius 2 is 2.11 bits per heavy atom. The van der Waals surface area contributed by atoms with E-state index in [1.807, 2.05) is 0 Å². The van der Waals surface area contributed by atoms with Crippen molar-refractivity contribution in [1.29, 1.82) is 0 Å². The molecule has 2 N–H and O–H groups in total. The van der Waals surface area contributed by atoms with Gasteiger partial charge in [0.05, 0.1) is 18.4 Å². The first-order valence-corrected chi connectivity index (χ1v) is 6.17. The molecule has 1 aromatic carbocycles. The number of methoxy groups -OCH3 is 1. The lowest BCUT2D eigenvalue weighted by molar-refractivity contribution is 0.0697. The molecular weight excluding hydrogens is 230 g/mol. The first-order chi connectivity index (χ1) is 8.49. The number of benzene rings is 1. The zero-order chi connectivity index (χ0) is 13.7. The SMILES string of the molecule is CCC(C)C(C)Nc1cc(C(=O)O)ccc1OC. The zero-order valence-electron chi connectivity index (χ0n) is 11.4. The quantitative estimate of drug-likeness (QED) is 0.815. The highest BCUT2D eigenvalue weighted by Crippen LogP contribution is 2.27. The van der Waals surface area contributed by atoms with E-state index in [1.54, 1.807) is 25.3 Å². The second-order valence-corrected chi connectivity index (χ2v) is 4.54. The second kappa shape index (κ2) is 6.28. The summed E-state index contributed by atoms with van der Waals surface area (Å²) in [5.41, 5.74) is 0.986. The van der Waals surface area contributed by atoms with Gasteiger partial charge >= 0.3 is 5.97 Å². The summed E-state index contributed by atoms with van der Waals surface area (Å²) in [6.07, 6.45) is 1.06. The largest absolute Gasteiger partial charge is 0.495 e. The summed E-state index contributed by atoms with van der Waals surface area (Å²) in [6.45, 7) is 6.37. The highest BCUT2D eigenvalue weighted by atomic mass is 16.5. The molecule has 0 amide bonds. The molecule has 0 saturated heterocycles. The van der Waals surface area contributed by atoms with Crippen LogP contribution in [0.4, 0.5) is 5.69 Å². The van der Waals surface area contributed by atoms with E-state index in [1.165, 1.54) is 0 Å². The zero-order valence-corrected chi connectivity index (χ0v) is 11.4. The van der Waals surface area contributed by atoms with Crippen LogP contribution in [-0.4, -0.2) is 24.2 Å². The Kier molecular flexibility index (Phi) is 5.01. The molecule has 0 radical (unpaired) electrons. The van der Waals surface area contributed by atoms with Gasteiger partial charge in [0, 0.05) is 6.04 Å². The minimum atomic E-state index is -0.933. The summed E-state index contributed by atoms with van der Waals surface area (Å²) in [4.78, 5) is 11.0. The van der Waals surface area contributed by atoms with Crippen LogP contribution in [0.1, 0.15) is 37.6 Å². The molecule has 0 aliphatic rings. The van der Waals surface area contributed by atoms with E-state index in [2.05, 4.69) is 26.1 Å². The third-order valence-corrected chi connectivity index (χ3v) is 3.33. The average molecular weight is 251 g/mol. The molecule has 0 fully saturated rings. The van der Waals surface area contributed by atoms with Gasteiger partial charge in [-0.1, -0.05) is 20.3 Å². The van der Waals surface area contributed by atoms with Crippen LogP contribution in [0.2, 0.25) is 0 Å². The van der Waals surface area contributed by atoms with Crippen LogP contribution in [0.15, 0.2) is 18.2 Å². The lowest BCUT2D eigenvalue weighted by Gasteiger charge is -2.22. The van der Waals surface area contributed by atoms with Crippen molar-refractivity contribution in [2.45, 2.75) is 33.2 Å². The summed E-state index contributed by atoms with van der Waals surface area (Å²) >= 11 is 0. The van der Waals surface area contributed by atoms with Gasteiger partial charge in [0.25, 0.3) is 0 Å². The van der Waals surface area contributed by atoms with Crippen molar-refractivity contribution in [2.24, 2.45) is 5.92 Å². The number of aromatic carboxylic acids is 1. The van der Waals surface area contributed by atoms with Gasteiger partial charge in [-0.2, -0.15) is 0 Å². The van der Waals surface area contributed by atoms with Gasteiger partial charge < -0.3 is 15.2 Å². The maximum absolute atomic E-state index is 11.0. The Morgan fingerprint density at radius 1 is 1.44 bits per heavy atom. The molecule has 0 heterocycles. The molecular formula is C14H21NO3. The molecule has 4 nitrogen and oxygen atoms in total. The van der Waals surface area contributed by atoms with Gasteiger partial charge in [0.15, 0.2) is 0 Å². The molecule has 0 bridgehead atoms.